The standard InChI is InChI=1S/C28H29N3O7S/c1-20-3-2-4-23(17-20)37-16-13-31-25-10-7-22(18-26(25)38-19-27(31)32)29-28(33)21-5-8-24(9-6-21)39(34,35)30-11-14-36-15-12-30/h2-10,17-18H,11-16,19H2,1H3,(H,29,33). The maximum absolute atomic E-state index is 12.9. The number of rotatable bonds is 8. The van der Waals surface area contributed by atoms with E-state index in [0.29, 0.717) is 62.1 Å². The van der Waals surface area contributed by atoms with Gasteiger partial charge in [-0.25, -0.2) is 8.42 Å². The first-order valence-electron chi connectivity index (χ1n) is 12.6. The summed E-state index contributed by atoms with van der Waals surface area (Å²) >= 11 is 0. The molecule has 0 atom stereocenters. The number of nitrogens with one attached hydrogen (secondary N) is 1. The number of morpholine rings is 1. The Labute approximate surface area is 227 Å². The van der Waals surface area contributed by atoms with Crippen molar-refractivity contribution in [3.05, 3.63) is 77.9 Å². The van der Waals surface area contributed by atoms with Crippen LogP contribution in [0.5, 0.6) is 11.5 Å². The van der Waals surface area contributed by atoms with Crippen molar-refractivity contribution < 1.29 is 32.2 Å². The van der Waals surface area contributed by atoms with Crippen LogP contribution in [-0.2, 0) is 19.6 Å². The van der Waals surface area contributed by atoms with Crippen LogP contribution in [0.1, 0.15) is 15.9 Å². The van der Waals surface area contributed by atoms with Crippen LogP contribution in [0.3, 0.4) is 0 Å². The predicted molar refractivity (Wildman–Crippen MR) is 145 cm³/mol. The highest BCUT2D eigenvalue weighted by Gasteiger charge is 2.27. The third-order valence-electron chi connectivity index (χ3n) is 6.46. The van der Waals surface area contributed by atoms with Gasteiger partial charge in [-0.3, -0.25) is 9.59 Å². The topological polar surface area (TPSA) is 114 Å². The van der Waals surface area contributed by atoms with Gasteiger partial charge in [-0.1, -0.05) is 12.1 Å². The Morgan fingerprint density at radius 2 is 1.79 bits per heavy atom. The van der Waals surface area contributed by atoms with Gasteiger partial charge in [-0.05, 0) is 61.0 Å². The fourth-order valence-electron chi connectivity index (χ4n) is 4.40. The first-order chi connectivity index (χ1) is 18.8. The van der Waals surface area contributed by atoms with Gasteiger partial charge in [0, 0.05) is 30.4 Å². The minimum atomic E-state index is -3.64. The molecule has 1 saturated heterocycles. The average Bonchev–Trinajstić information content (AvgIpc) is 2.95. The summed E-state index contributed by atoms with van der Waals surface area (Å²) in [4.78, 5) is 27.1. The van der Waals surface area contributed by atoms with E-state index in [2.05, 4.69) is 5.32 Å². The highest BCUT2D eigenvalue weighted by atomic mass is 32.2. The molecule has 1 fully saturated rings. The molecule has 11 heteroatoms. The number of hydrogen-bond donors (Lipinski definition) is 1. The van der Waals surface area contributed by atoms with Gasteiger partial charge in [0.2, 0.25) is 10.0 Å². The summed E-state index contributed by atoms with van der Waals surface area (Å²) < 4.78 is 43.7. The first kappa shape index (κ1) is 26.7. The van der Waals surface area contributed by atoms with Crippen LogP contribution in [0.2, 0.25) is 0 Å². The lowest BCUT2D eigenvalue weighted by atomic mass is 10.2. The molecule has 1 N–H and O–H groups in total. The number of sulfonamides is 1. The van der Waals surface area contributed by atoms with Crippen molar-refractivity contribution in [3.63, 3.8) is 0 Å². The quantitative estimate of drug-likeness (QED) is 0.458. The molecule has 0 saturated carbocycles. The molecule has 39 heavy (non-hydrogen) atoms. The molecule has 0 aromatic heterocycles. The van der Waals surface area contributed by atoms with Crippen molar-refractivity contribution in [2.24, 2.45) is 0 Å². The Kier molecular flexibility index (Phi) is 7.82. The Hall–Kier alpha value is -3.93. The van der Waals surface area contributed by atoms with Crippen molar-refractivity contribution in [3.8, 4) is 11.5 Å². The highest BCUT2D eigenvalue weighted by molar-refractivity contribution is 7.89. The maximum atomic E-state index is 12.9. The summed E-state index contributed by atoms with van der Waals surface area (Å²) in [6.07, 6.45) is 0. The molecule has 0 aliphatic carbocycles. The Morgan fingerprint density at radius 1 is 1.03 bits per heavy atom. The van der Waals surface area contributed by atoms with E-state index in [0.717, 1.165) is 11.3 Å². The molecule has 0 spiro atoms. The minimum Gasteiger partial charge on any atom is -0.492 e. The van der Waals surface area contributed by atoms with Crippen LogP contribution in [0.25, 0.3) is 0 Å². The van der Waals surface area contributed by atoms with Crippen LogP contribution >= 0.6 is 0 Å². The van der Waals surface area contributed by atoms with Crippen molar-refractivity contribution in [1.29, 1.82) is 0 Å². The third kappa shape index (κ3) is 6.06. The van der Waals surface area contributed by atoms with E-state index in [1.165, 1.54) is 28.6 Å². The number of aryl methyl sites for hydroxylation is 1. The number of fused-ring (bicyclic) bond motifs is 1. The second-order valence-electron chi connectivity index (χ2n) is 9.18. The zero-order valence-electron chi connectivity index (χ0n) is 21.5. The largest absolute Gasteiger partial charge is 0.492 e. The number of nitrogens with zero attached hydrogens (tertiary/aromatic N) is 2. The molecular formula is C28H29N3O7S. The number of hydrogen-bond acceptors (Lipinski definition) is 7. The Morgan fingerprint density at radius 3 is 2.54 bits per heavy atom. The molecule has 2 amide bonds. The monoisotopic (exact) mass is 551 g/mol. The van der Waals surface area contributed by atoms with Gasteiger partial charge in [0.15, 0.2) is 6.61 Å². The van der Waals surface area contributed by atoms with Gasteiger partial charge < -0.3 is 24.4 Å². The van der Waals surface area contributed by atoms with E-state index in [-0.39, 0.29) is 17.4 Å². The van der Waals surface area contributed by atoms with Crippen LogP contribution in [0.4, 0.5) is 11.4 Å². The van der Waals surface area contributed by atoms with Crippen LogP contribution < -0.4 is 19.7 Å². The molecular weight excluding hydrogens is 522 g/mol. The summed E-state index contributed by atoms with van der Waals surface area (Å²) in [7, 11) is -3.64. The van der Waals surface area contributed by atoms with E-state index in [4.69, 9.17) is 14.2 Å². The van der Waals surface area contributed by atoms with E-state index < -0.39 is 15.9 Å². The summed E-state index contributed by atoms with van der Waals surface area (Å²) in [5.74, 6) is 0.621. The van der Waals surface area contributed by atoms with Crippen molar-refractivity contribution in [2.45, 2.75) is 11.8 Å². The highest BCUT2D eigenvalue weighted by Crippen LogP contribution is 2.34. The van der Waals surface area contributed by atoms with Crippen LogP contribution in [0.15, 0.2) is 71.6 Å². The van der Waals surface area contributed by atoms with Crippen molar-refractivity contribution >= 4 is 33.2 Å². The van der Waals surface area contributed by atoms with Gasteiger partial charge in [0.25, 0.3) is 11.8 Å². The lowest BCUT2D eigenvalue weighted by molar-refractivity contribution is -0.121. The van der Waals surface area contributed by atoms with Crippen molar-refractivity contribution in [2.75, 3.05) is 56.3 Å². The number of benzene rings is 3. The van der Waals surface area contributed by atoms with Gasteiger partial charge in [0.05, 0.1) is 30.3 Å². The molecule has 3 aromatic rings. The average molecular weight is 552 g/mol. The zero-order chi connectivity index (χ0) is 27.4. The van der Waals surface area contributed by atoms with Gasteiger partial charge in [-0.2, -0.15) is 4.31 Å². The molecule has 0 unspecified atom stereocenters. The summed E-state index contributed by atoms with van der Waals surface area (Å²) in [5.41, 5.74) is 2.47. The molecule has 3 aromatic carbocycles. The normalized spacial score (nSPS) is 15.8. The fraction of sp³-hybridized carbons (Fsp3) is 0.286. The molecule has 204 valence electrons. The maximum Gasteiger partial charge on any atom is 0.265 e. The van der Waals surface area contributed by atoms with Crippen molar-refractivity contribution in [1.82, 2.24) is 4.31 Å². The van der Waals surface area contributed by atoms with Gasteiger partial charge in [0.1, 0.15) is 18.1 Å². The lowest BCUT2D eigenvalue weighted by Crippen LogP contribution is -2.41. The molecule has 0 bridgehead atoms. The first-order valence-corrected chi connectivity index (χ1v) is 14.0. The van der Waals surface area contributed by atoms with Crippen LogP contribution in [0, 0.1) is 6.92 Å². The number of carbonyl (C=O) groups excluding carboxylic acids is 2. The minimum absolute atomic E-state index is 0.117. The SMILES string of the molecule is Cc1cccc(OCCN2C(=O)COc3cc(NC(=O)c4ccc(S(=O)(=O)N5CCOCC5)cc4)ccc32)c1. The number of carbonyl (C=O) groups is 2. The Balaban J connectivity index is 1.23. The third-order valence-corrected chi connectivity index (χ3v) is 8.37. The molecule has 2 aliphatic heterocycles. The van der Waals surface area contributed by atoms with Crippen LogP contribution in [-0.4, -0.2) is 70.6 Å². The molecule has 0 radical (unpaired) electrons. The molecule has 2 heterocycles. The zero-order valence-corrected chi connectivity index (χ0v) is 22.3. The van der Waals surface area contributed by atoms with Gasteiger partial charge >= 0.3 is 0 Å². The summed E-state index contributed by atoms with van der Waals surface area (Å²) in [5, 5.41) is 2.80. The smallest absolute Gasteiger partial charge is 0.265 e. The van der Waals surface area contributed by atoms with Gasteiger partial charge in [-0.15, -0.1) is 0 Å². The second kappa shape index (κ2) is 11.4. The molecule has 10 nitrogen and oxygen atoms in total. The second-order valence-corrected chi connectivity index (χ2v) is 11.1. The fourth-order valence-corrected chi connectivity index (χ4v) is 5.81. The Bertz CT molecular complexity index is 1470. The molecule has 5 rings (SSSR count). The predicted octanol–water partition coefficient (Wildman–Crippen LogP) is 3.07. The summed E-state index contributed by atoms with van der Waals surface area (Å²) in [6, 6.07) is 18.6. The number of amides is 2. The number of ether oxygens (including phenoxy) is 3. The lowest BCUT2D eigenvalue weighted by Gasteiger charge is -2.29. The van der Waals surface area contributed by atoms with E-state index in [9.17, 15) is 18.0 Å². The summed E-state index contributed by atoms with van der Waals surface area (Å²) in [6.45, 7) is 3.83. The van der Waals surface area contributed by atoms with E-state index >= 15 is 0 Å². The number of anilines is 2. The molecule has 2 aliphatic rings. The van der Waals surface area contributed by atoms with E-state index in [1.807, 2.05) is 31.2 Å². The van der Waals surface area contributed by atoms with E-state index in [1.54, 1.807) is 23.1 Å².